The predicted octanol–water partition coefficient (Wildman–Crippen LogP) is 3.91. The van der Waals surface area contributed by atoms with E-state index in [1.54, 1.807) is 4.40 Å². The van der Waals surface area contributed by atoms with Gasteiger partial charge < -0.3 is 5.32 Å². The lowest BCUT2D eigenvalue weighted by Gasteiger charge is -2.10. The number of thiazole rings is 1. The van der Waals surface area contributed by atoms with Crippen molar-refractivity contribution in [3.05, 3.63) is 68.2 Å². The summed E-state index contributed by atoms with van der Waals surface area (Å²) in [6.07, 6.45) is 0.123. The average Bonchev–Trinajstić information content (AvgIpc) is 3.27. The molecule has 0 aliphatic rings. The standard InChI is InChI=1S/C24H27N5O2S/c1-13(2)25-21(30)11-18-12-32-24-26-17(6)22(23(31)28(18)24)19-10-15(4)29(27-19)20-9-7-8-14(3)16(20)5/h7-10,12-13H,11H2,1-6H3,(H,25,30). The van der Waals surface area contributed by atoms with E-state index in [9.17, 15) is 9.59 Å². The molecule has 0 aliphatic carbocycles. The van der Waals surface area contributed by atoms with Gasteiger partial charge in [0.15, 0.2) is 4.96 Å². The number of amides is 1. The molecule has 32 heavy (non-hydrogen) atoms. The minimum atomic E-state index is -0.202. The van der Waals surface area contributed by atoms with Gasteiger partial charge >= 0.3 is 0 Å². The number of aryl methyl sites for hydroxylation is 3. The van der Waals surface area contributed by atoms with E-state index < -0.39 is 0 Å². The fourth-order valence-corrected chi connectivity index (χ4v) is 4.79. The number of fused-ring (bicyclic) bond motifs is 1. The van der Waals surface area contributed by atoms with E-state index in [-0.39, 0.29) is 23.9 Å². The van der Waals surface area contributed by atoms with Gasteiger partial charge in [0.1, 0.15) is 5.69 Å². The van der Waals surface area contributed by atoms with Crippen molar-refractivity contribution >= 4 is 22.2 Å². The summed E-state index contributed by atoms with van der Waals surface area (Å²) < 4.78 is 3.41. The lowest BCUT2D eigenvalue weighted by Crippen LogP contribution is -2.32. The number of nitrogens with zero attached hydrogens (tertiary/aromatic N) is 4. The molecule has 4 rings (SSSR count). The molecule has 7 nitrogen and oxygen atoms in total. The van der Waals surface area contributed by atoms with Crippen molar-refractivity contribution in [3.8, 4) is 16.9 Å². The first-order valence-electron chi connectivity index (χ1n) is 10.6. The molecule has 0 saturated heterocycles. The zero-order valence-corrected chi connectivity index (χ0v) is 20.0. The fourth-order valence-electron chi connectivity index (χ4n) is 3.87. The van der Waals surface area contributed by atoms with E-state index in [2.05, 4.69) is 30.2 Å². The highest BCUT2D eigenvalue weighted by Gasteiger charge is 2.20. The molecule has 4 aromatic rings. The summed E-state index contributed by atoms with van der Waals surface area (Å²) in [5.74, 6) is -0.122. The second-order valence-corrected chi connectivity index (χ2v) is 9.26. The van der Waals surface area contributed by atoms with Crippen molar-refractivity contribution in [2.24, 2.45) is 0 Å². The summed E-state index contributed by atoms with van der Waals surface area (Å²) in [7, 11) is 0. The molecule has 8 heteroatoms. The van der Waals surface area contributed by atoms with Crippen LogP contribution in [0, 0.1) is 27.7 Å². The summed E-state index contributed by atoms with van der Waals surface area (Å²) in [5, 5.41) is 9.48. The molecule has 166 valence electrons. The lowest BCUT2D eigenvalue weighted by molar-refractivity contribution is -0.120. The molecule has 1 aromatic carbocycles. The molecule has 0 aliphatic heterocycles. The summed E-state index contributed by atoms with van der Waals surface area (Å²) in [5.41, 5.74) is 6.33. The van der Waals surface area contributed by atoms with E-state index in [1.165, 1.54) is 16.9 Å². The maximum Gasteiger partial charge on any atom is 0.268 e. The van der Waals surface area contributed by atoms with Gasteiger partial charge in [0.2, 0.25) is 5.91 Å². The Labute approximate surface area is 190 Å². The molecule has 3 aromatic heterocycles. The van der Waals surface area contributed by atoms with Crippen LogP contribution in [0.1, 0.15) is 42.1 Å². The SMILES string of the molecule is Cc1cccc(-n2nc(-c3c(C)nc4scc(CC(=O)NC(C)C)n4c3=O)cc2C)c1C. The number of rotatable bonds is 5. The Balaban J connectivity index is 1.84. The van der Waals surface area contributed by atoms with Crippen molar-refractivity contribution in [3.63, 3.8) is 0 Å². The van der Waals surface area contributed by atoms with Gasteiger partial charge in [0, 0.05) is 22.8 Å². The first-order chi connectivity index (χ1) is 15.2. The summed E-state index contributed by atoms with van der Waals surface area (Å²) in [4.78, 5) is 31.1. The van der Waals surface area contributed by atoms with Crippen LogP contribution in [0.3, 0.4) is 0 Å². The second-order valence-electron chi connectivity index (χ2n) is 8.42. The molecule has 0 fully saturated rings. The number of carbonyl (C=O) groups excluding carboxylic acids is 1. The first kappa shape index (κ1) is 22.0. The van der Waals surface area contributed by atoms with Crippen LogP contribution >= 0.6 is 11.3 Å². The van der Waals surface area contributed by atoms with Crippen LogP contribution in [0.2, 0.25) is 0 Å². The van der Waals surface area contributed by atoms with Crippen LogP contribution in [0.25, 0.3) is 21.9 Å². The number of aromatic nitrogens is 4. The van der Waals surface area contributed by atoms with Crippen LogP contribution in [0.15, 0.2) is 34.4 Å². The Bertz CT molecular complexity index is 1390. The molecule has 0 spiro atoms. The van der Waals surface area contributed by atoms with Crippen LogP contribution in [-0.2, 0) is 11.2 Å². The van der Waals surface area contributed by atoms with Gasteiger partial charge in [0.05, 0.1) is 23.4 Å². The van der Waals surface area contributed by atoms with Crippen molar-refractivity contribution < 1.29 is 4.79 Å². The van der Waals surface area contributed by atoms with Crippen LogP contribution < -0.4 is 10.9 Å². The molecule has 0 bridgehead atoms. The van der Waals surface area contributed by atoms with Gasteiger partial charge in [-0.25, -0.2) is 9.67 Å². The minimum Gasteiger partial charge on any atom is -0.354 e. The van der Waals surface area contributed by atoms with Gasteiger partial charge in [-0.05, 0) is 64.8 Å². The van der Waals surface area contributed by atoms with Crippen molar-refractivity contribution in [2.75, 3.05) is 0 Å². The van der Waals surface area contributed by atoms with Crippen molar-refractivity contribution in [1.29, 1.82) is 0 Å². The molecule has 1 N–H and O–H groups in total. The average molecular weight is 450 g/mol. The highest BCUT2D eigenvalue weighted by Crippen LogP contribution is 2.25. The zero-order valence-electron chi connectivity index (χ0n) is 19.2. The highest BCUT2D eigenvalue weighted by atomic mass is 32.1. The zero-order chi connectivity index (χ0) is 23.2. The third kappa shape index (κ3) is 3.86. The monoisotopic (exact) mass is 449 g/mol. The van der Waals surface area contributed by atoms with E-state index in [0.717, 1.165) is 16.9 Å². The van der Waals surface area contributed by atoms with Gasteiger partial charge in [-0.3, -0.25) is 14.0 Å². The number of benzene rings is 1. The Morgan fingerprint density at radius 3 is 2.66 bits per heavy atom. The number of carbonyl (C=O) groups is 1. The third-order valence-corrected chi connectivity index (χ3v) is 6.43. The smallest absolute Gasteiger partial charge is 0.268 e. The van der Waals surface area contributed by atoms with Crippen LogP contribution in [0.4, 0.5) is 0 Å². The second kappa shape index (κ2) is 8.35. The van der Waals surface area contributed by atoms with Gasteiger partial charge in [-0.2, -0.15) is 5.10 Å². The number of hydrogen-bond donors (Lipinski definition) is 1. The van der Waals surface area contributed by atoms with Crippen molar-refractivity contribution in [2.45, 2.75) is 54.0 Å². The molecular formula is C24H27N5O2S. The molecule has 0 atom stereocenters. The topological polar surface area (TPSA) is 81.3 Å². The van der Waals surface area contributed by atoms with E-state index in [4.69, 9.17) is 5.10 Å². The van der Waals surface area contributed by atoms with E-state index >= 15 is 0 Å². The predicted molar refractivity (Wildman–Crippen MR) is 128 cm³/mol. The first-order valence-corrected chi connectivity index (χ1v) is 11.5. The Morgan fingerprint density at radius 1 is 1.19 bits per heavy atom. The third-order valence-electron chi connectivity index (χ3n) is 5.56. The van der Waals surface area contributed by atoms with Crippen LogP contribution in [0.5, 0.6) is 0 Å². The Morgan fingerprint density at radius 2 is 1.94 bits per heavy atom. The van der Waals surface area contributed by atoms with Crippen LogP contribution in [-0.4, -0.2) is 31.1 Å². The normalized spacial score (nSPS) is 11.5. The number of hydrogen-bond acceptors (Lipinski definition) is 5. The van der Waals surface area contributed by atoms with E-state index in [0.29, 0.717) is 27.6 Å². The molecular weight excluding hydrogens is 422 g/mol. The molecule has 0 unspecified atom stereocenters. The lowest BCUT2D eigenvalue weighted by atomic mass is 10.1. The molecule has 0 saturated carbocycles. The fraction of sp³-hybridized carbons (Fsp3) is 0.333. The van der Waals surface area contributed by atoms with Gasteiger partial charge in [0.25, 0.3) is 5.56 Å². The molecule has 1 amide bonds. The quantitative estimate of drug-likeness (QED) is 0.501. The van der Waals surface area contributed by atoms with E-state index in [1.807, 2.05) is 56.0 Å². The highest BCUT2D eigenvalue weighted by molar-refractivity contribution is 7.15. The summed E-state index contributed by atoms with van der Waals surface area (Å²) in [6, 6.07) is 8.05. The maximum absolute atomic E-state index is 13.6. The summed E-state index contributed by atoms with van der Waals surface area (Å²) in [6.45, 7) is 11.8. The van der Waals surface area contributed by atoms with Gasteiger partial charge in [-0.15, -0.1) is 11.3 Å². The molecule has 3 heterocycles. The summed E-state index contributed by atoms with van der Waals surface area (Å²) >= 11 is 1.36. The largest absolute Gasteiger partial charge is 0.354 e. The Kier molecular flexibility index (Phi) is 5.73. The minimum absolute atomic E-state index is 0.0390. The molecule has 0 radical (unpaired) electrons. The van der Waals surface area contributed by atoms with Crippen molar-refractivity contribution in [1.82, 2.24) is 24.5 Å². The Hall–Kier alpha value is -3.26. The van der Waals surface area contributed by atoms with Gasteiger partial charge in [-0.1, -0.05) is 12.1 Å². The maximum atomic E-state index is 13.6. The number of nitrogens with one attached hydrogen (secondary N) is 1.